The van der Waals surface area contributed by atoms with Crippen molar-refractivity contribution < 1.29 is 4.39 Å². The summed E-state index contributed by atoms with van der Waals surface area (Å²) in [6.45, 7) is 2.26. The van der Waals surface area contributed by atoms with Crippen LogP contribution in [0.25, 0.3) is 0 Å². The van der Waals surface area contributed by atoms with Crippen molar-refractivity contribution in [2.24, 2.45) is 5.92 Å². The van der Waals surface area contributed by atoms with Gasteiger partial charge in [0.1, 0.15) is 5.82 Å². The van der Waals surface area contributed by atoms with E-state index >= 15 is 0 Å². The van der Waals surface area contributed by atoms with E-state index in [2.05, 4.69) is 13.0 Å². The molecule has 1 aliphatic carbocycles. The van der Waals surface area contributed by atoms with Gasteiger partial charge in [-0.1, -0.05) is 57.6 Å². The molecule has 0 nitrogen and oxygen atoms in total. The van der Waals surface area contributed by atoms with Crippen molar-refractivity contribution in [3.8, 4) is 0 Å². The number of hydrogen-bond acceptors (Lipinski definition) is 0. The normalized spacial score (nSPS) is 24.1. The molecule has 18 heavy (non-hydrogen) atoms. The molecule has 1 aromatic rings. The monoisotopic (exact) mass is 248 g/mol. The first-order valence-electron chi connectivity index (χ1n) is 7.55. The third-order valence-corrected chi connectivity index (χ3v) is 4.32. The van der Waals surface area contributed by atoms with E-state index in [1.54, 1.807) is 12.1 Å². The SMILES string of the molecule is CCCCCC1CCCC(c2cccc(F)c2)C1. The van der Waals surface area contributed by atoms with Crippen LogP contribution >= 0.6 is 0 Å². The Morgan fingerprint density at radius 3 is 2.89 bits per heavy atom. The molecule has 0 N–H and O–H groups in total. The van der Waals surface area contributed by atoms with Gasteiger partial charge < -0.3 is 0 Å². The molecule has 2 rings (SSSR count). The van der Waals surface area contributed by atoms with Crippen molar-refractivity contribution in [3.05, 3.63) is 35.6 Å². The third-order valence-electron chi connectivity index (χ3n) is 4.32. The summed E-state index contributed by atoms with van der Waals surface area (Å²) < 4.78 is 13.3. The molecule has 0 saturated heterocycles. The molecule has 2 atom stereocenters. The Morgan fingerprint density at radius 1 is 1.22 bits per heavy atom. The van der Waals surface area contributed by atoms with Gasteiger partial charge in [0.05, 0.1) is 0 Å². The van der Waals surface area contributed by atoms with Gasteiger partial charge in [-0.15, -0.1) is 0 Å². The molecule has 0 heterocycles. The summed E-state index contributed by atoms with van der Waals surface area (Å²) in [5.41, 5.74) is 1.22. The van der Waals surface area contributed by atoms with E-state index in [1.165, 1.54) is 56.9 Å². The van der Waals surface area contributed by atoms with E-state index in [4.69, 9.17) is 0 Å². The molecule has 100 valence electrons. The van der Waals surface area contributed by atoms with Crippen molar-refractivity contribution in [1.29, 1.82) is 0 Å². The lowest BCUT2D eigenvalue weighted by atomic mass is 9.76. The zero-order chi connectivity index (χ0) is 12.8. The topological polar surface area (TPSA) is 0 Å². The van der Waals surface area contributed by atoms with Crippen LogP contribution in [0.5, 0.6) is 0 Å². The molecule has 1 aliphatic rings. The number of halogens is 1. The predicted octanol–water partition coefficient (Wildman–Crippen LogP) is 5.68. The van der Waals surface area contributed by atoms with Crippen LogP contribution in [0.2, 0.25) is 0 Å². The number of hydrogen-bond donors (Lipinski definition) is 0. The van der Waals surface area contributed by atoms with E-state index in [9.17, 15) is 4.39 Å². The molecule has 1 aromatic carbocycles. The quantitative estimate of drug-likeness (QED) is 0.588. The van der Waals surface area contributed by atoms with Crippen LogP contribution in [0.3, 0.4) is 0 Å². The van der Waals surface area contributed by atoms with E-state index in [1.807, 2.05) is 6.07 Å². The maximum Gasteiger partial charge on any atom is 0.123 e. The van der Waals surface area contributed by atoms with Gasteiger partial charge in [-0.05, 0) is 42.4 Å². The maximum atomic E-state index is 13.3. The molecule has 0 radical (unpaired) electrons. The first kappa shape index (κ1) is 13.6. The minimum Gasteiger partial charge on any atom is -0.207 e. The summed E-state index contributed by atoms with van der Waals surface area (Å²) in [6, 6.07) is 7.23. The Labute approximate surface area is 111 Å². The van der Waals surface area contributed by atoms with E-state index in [0.29, 0.717) is 5.92 Å². The first-order valence-corrected chi connectivity index (χ1v) is 7.55. The average molecular weight is 248 g/mol. The lowest BCUT2D eigenvalue weighted by Gasteiger charge is -2.29. The summed E-state index contributed by atoms with van der Waals surface area (Å²) in [6.07, 6.45) is 10.6. The highest BCUT2D eigenvalue weighted by molar-refractivity contribution is 5.21. The average Bonchev–Trinajstić information content (AvgIpc) is 2.39. The van der Waals surface area contributed by atoms with Gasteiger partial charge in [-0.2, -0.15) is 0 Å². The molecule has 0 aliphatic heterocycles. The Morgan fingerprint density at radius 2 is 2.11 bits per heavy atom. The molecule has 0 spiro atoms. The molecule has 1 fully saturated rings. The Hall–Kier alpha value is -0.850. The van der Waals surface area contributed by atoms with Crippen molar-refractivity contribution >= 4 is 0 Å². The van der Waals surface area contributed by atoms with Gasteiger partial charge in [0.2, 0.25) is 0 Å². The highest BCUT2D eigenvalue weighted by Crippen LogP contribution is 2.38. The fourth-order valence-corrected chi connectivity index (χ4v) is 3.30. The number of unbranched alkanes of at least 4 members (excludes halogenated alkanes) is 2. The zero-order valence-corrected chi connectivity index (χ0v) is 11.5. The standard InChI is InChI=1S/C17H25F/c1-2-3-4-7-14-8-5-9-15(12-14)16-10-6-11-17(18)13-16/h6,10-11,13-15H,2-5,7-9,12H2,1H3. The predicted molar refractivity (Wildman–Crippen MR) is 75.2 cm³/mol. The highest BCUT2D eigenvalue weighted by atomic mass is 19.1. The van der Waals surface area contributed by atoms with Gasteiger partial charge >= 0.3 is 0 Å². The van der Waals surface area contributed by atoms with Crippen molar-refractivity contribution in [2.75, 3.05) is 0 Å². The molecule has 0 aromatic heterocycles. The van der Waals surface area contributed by atoms with Crippen LogP contribution in [-0.4, -0.2) is 0 Å². The molecule has 2 unspecified atom stereocenters. The molecular weight excluding hydrogens is 223 g/mol. The van der Waals surface area contributed by atoms with Crippen LogP contribution in [0.4, 0.5) is 4.39 Å². The molecule has 1 heteroatoms. The van der Waals surface area contributed by atoms with Crippen LogP contribution in [0.1, 0.15) is 69.8 Å². The third kappa shape index (κ3) is 3.83. The Bertz CT molecular complexity index is 358. The summed E-state index contributed by atoms with van der Waals surface area (Å²) in [5.74, 6) is 1.39. The van der Waals surface area contributed by atoms with E-state index in [-0.39, 0.29) is 5.82 Å². The van der Waals surface area contributed by atoms with Crippen LogP contribution in [0.15, 0.2) is 24.3 Å². The van der Waals surface area contributed by atoms with Crippen molar-refractivity contribution in [1.82, 2.24) is 0 Å². The van der Waals surface area contributed by atoms with Gasteiger partial charge in [0, 0.05) is 0 Å². The fraction of sp³-hybridized carbons (Fsp3) is 0.647. The highest BCUT2D eigenvalue weighted by Gasteiger charge is 2.22. The van der Waals surface area contributed by atoms with Crippen LogP contribution in [-0.2, 0) is 0 Å². The Kier molecular flexibility index (Phi) is 5.22. The maximum absolute atomic E-state index is 13.3. The first-order chi connectivity index (χ1) is 8.79. The van der Waals surface area contributed by atoms with Crippen LogP contribution in [0, 0.1) is 11.7 Å². The van der Waals surface area contributed by atoms with E-state index in [0.717, 1.165) is 5.92 Å². The minimum absolute atomic E-state index is 0.0828. The summed E-state index contributed by atoms with van der Waals surface area (Å²) in [4.78, 5) is 0. The van der Waals surface area contributed by atoms with Gasteiger partial charge in [0.15, 0.2) is 0 Å². The molecule has 1 saturated carbocycles. The number of benzene rings is 1. The number of rotatable bonds is 5. The summed E-state index contributed by atoms with van der Waals surface area (Å²) in [5, 5.41) is 0. The van der Waals surface area contributed by atoms with Gasteiger partial charge in [-0.25, -0.2) is 4.39 Å². The second-order valence-corrected chi connectivity index (χ2v) is 5.78. The van der Waals surface area contributed by atoms with E-state index < -0.39 is 0 Å². The second-order valence-electron chi connectivity index (χ2n) is 5.78. The van der Waals surface area contributed by atoms with Crippen LogP contribution < -0.4 is 0 Å². The summed E-state index contributed by atoms with van der Waals surface area (Å²) in [7, 11) is 0. The zero-order valence-electron chi connectivity index (χ0n) is 11.5. The van der Waals surface area contributed by atoms with Gasteiger partial charge in [0.25, 0.3) is 0 Å². The smallest absolute Gasteiger partial charge is 0.123 e. The molecule has 0 amide bonds. The molecular formula is C17H25F. The minimum atomic E-state index is -0.0828. The molecule has 0 bridgehead atoms. The lowest BCUT2D eigenvalue weighted by Crippen LogP contribution is -2.14. The van der Waals surface area contributed by atoms with Crippen molar-refractivity contribution in [3.63, 3.8) is 0 Å². The second kappa shape index (κ2) is 6.92. The summed E-state index contributed by atoms with van der Waals surface area (Å²) >= 11 is 0. The Balaban J connectivity index is 1.90. The van der Waals surface area contributed by atoms with Gasteiger partial charge in [-0.3, -0.25) is 0 Å². The lowest BCUT2D eigenvalue weighted by molar-refractivity contribution is 0.298. The largest absolute Gasteiger partial charge is 0.207 e. The van der Waals surface area contributed by atoms with Crippen molar-refractivity contribution in [2.45, 2.75) is 64.2 Å². The fourth-order valence-electron chi connectivity index (χ4n) is 3.30.